The van der Waals surface area contributed by atoms with E-state index in [2.05, 4.69) is 0 Å². The molecule has 0 radical (unpaired) electrons. The van der Waals surface area contributed by atoms with Crippen molar-refractivity contribution in [3.8, 4) is 0 Å². The van der Waals surface area contributed by atoms with Crippen LogP contribution in [0.15, 0.2) is 24.3 Å². The Hall–Kier alpha value is -1.99. The molecule has 1 fully saturated rings. The van der Waals surface area contributed by atoms with E-state index in [4.69, 9.17) is 14.6 Å². The summed E-state index contributed by atoms with van der Waals surface area (Å²) in [7, 11) is 0. The quantitative estimate of drug-likeness (QED) is 0.307. The summed E-state index contributed by atoms with van der Waals surface area (Å²) in [5.41, 5.74) is 0.169. The molecule has 120 valence electrons. The van der Waals surface area contributed by atoms with E-state index in [1.165, 1.54) is 12.1 Å². The molecule has 7 nitrogen and oxygen atoms in total. The zero-order chi connectivity index (χ0) is 16.0. The van der Waals surface area contributed by atoms with Crippen molar-refractivity contribution in [3.63, 3.8) is 0 Å². The van der Waals surface area contributed by atoms with E-state index in [1.807, 2.05) is 0 Å². The van der Waals surface area contributed by atoms with Gasteiger partial charge in [0.2, 0.25) is 0 Å². The number of nitro benzene ring substituents is 1. The largest absolute Gasteiger partial charge is 0.479 e. The molecule has 1 aliphatic heterocycles. The highest BCUT2D eigenvalue weighted by atomic mass is 16.6. The molecule has 1 aromatic rings. The van der Waals surface area contributed by atoms with Gasteiger partial charge in [-0.25, -0.2) is 4.79 Å². The van der Waals surface area contributed by atoms with Crippen LogP contribution in [0.1, 0.15) is 24.8 Å². The summed E-state index contributed by atoms with van der Waals surface area (Å²) >= 11 is 0. The second kappa shape index (κ2) is 7.33. The standard InChI is InChI=1S/C15H19NO6/c17-14(18)15(11-22-15)8-2-10-21-9-1-3-12-4-6-13(7-5-12)16(19)20/h4-7H,1-3,8-11H2,(H,17,18). The molecule has 1 unspecified atom stereocenters. The van der Waals surface area contributed by atoms with E-state index in [1.54, 1.807) is 12.1 Å². The summed E-state index contributed by atoms with van der Waals surface area (Å²) in [4.78, 5) is 21.0. The van der Waals surface area contributed by atoms with Gasteiger partial charge in [-0.15, -0.1) is 0 Å². The zero-order valence-corrected chi connectivity index (χ0v) is 12.2. The molecule has 1 saturated heterocycles. The van der Waals surface area contributed by atoms with Crippen molar-refractivity contribution in [3.05, 3.63) is 39.9 Å². The molecular weight excluding hydrogens is 290 g/mol. The maximum atomic E-state index is 10.9. The first-order valence-electron chi connectivity index (χ1n) is 7.22. The van der Waals surface area contributed by atoms with Gasteiger partial charge in [0.15, 0.2) is 5.60 Å². The van der Waals surface area contributed by atoms with Crippen LogP contribution < -0.4 is 0 Å². The van der Waals surface area contributed by atoms with Gasteiger partial charge in [0.25, 0.3) is 5.69 Å². The molecule has 0 saturated carbocycles. The van der Waals surface area contributed by atoms with Gasteiger partial charge < -0.3 is 14.6 Å². The lowest BCUT2D eigenvalue weighted by Gasteiger charge is -2.07. The molecule has 1 heterocycles. The fraction of sp³-hybridized carbons (Fsp3) is 0.533. The molecule has 1 aromatic carbocycles. The molecule has 22 heavy (non-hydrogen) atoms. The monoisotopic (exact) mass is 309 g/mol. The Bertz CT molecular complexity index is 523. The highest BCUT2D eigenvalue weighted by Gasteiger charge is 2.51. The Morgan fingerprint density at radius 2 is 1.95 bits per heavy atom. The Kier molecular flexibility index (Phi) is 5.46. The number of benzene rings is 1. The molecule has 1 atom stereocenters. The van der Waals surface area contributed by atoms with Crippen molar-refractivity contribution in [2.75, 3.05) is 19.8 Å². The molecule has 0 amide bonds. The number of hydrogen-bond acceptors (Lipinski definition) is 5. The minimum absolute atomic E-state index is 0.0923. The van der Waals surface area contributed by atoms with E-state index >= 15 is 0 Å². The van der Waals surface area contributed by atoms with Crippen LogP contribution in [-0.4, -0.2) is 41.4 Å². The molecule has 1 N–H and O–H groups in total. The topological polar surface area (TPSA) is 102 Å². The van der Waals surface area contributed by atoms with Crippen molar-refractivity contribution in [2.45, 2.75) is 31.3 Å². The average molecular weight is 309 g/mol. The van der Waals surface area contributed by atoms with Crippen LogP contribution in [0.4, 0.5) is 5.69 Å². The van der Waals surface area contributed by atoms with Gasteiger partial charge in [0.1, 0.15) is 0 Å². The predicted molar refractivity (Wildman–Crippen MR) is 77.8 cm³/mol. The number of carboxylic acid groups (broad SMARTS) is 1. The first-order chi connectivity index (χ1) is 10.5. The molecule has 0 aromatic heterocycles. The molecule has 0 bridgehead atoms. The lowest BCUT2D eigenvalue weighted by atomic mass is 10.1. The summed E-state index contributed by atoms with van der Waals surface area (Å²) in [5, 5.41) is 19.4. The number of aryl methyl sites for hydroxylation is 1. The molecule has 7 heteroatoms. The highest BCUT2D eigenvalue weighted by Crippen LogP contribution is 2.32. The highest BCUT2D eigenvalue weighted by molar-refractivity contribution is 5.80. The second-order valence-electron chi connectivity index (χ2n) is 5.33. The van der Waals surface area contributed by atoms with Gasteiger partial charge in [-0.2, -0.15) is 0 Å². The van der Waals surface area contributed by atoms with Crippen molar-refractivity contribution in [2.24, 2.45) is 0 Å². The van der Waals surface area contributed by atoms with Crippen LogP contribution in [0.2, 0.25) is 0 Å². The molecule has 2 rings (SSSR count). The third-order valence-electron chi connectivity index (χ3n) is 3.65. The summed E-state index contributed by atoms with van der Waals surface area (Å²) in [6.45, 7) is 1.39. The van der Waals surface area contributed by atoms with Gasteiger partial charge in [-0.3, -0.25) is 10.1 Å². The smallest absolute Gasteiger partial charge is 0.338 e. The summed E-state index contributed by atoms with van der Waals surface area (Å²) < 4.78 is 10.4. The van der Waals surface area contributed by atoms with E-state index < -0.39 is 16.5 Å². The number of nitro groups is 1. The van der Waals surface area contributed by atoms with E-state index in [0.717, 1.165) is 18.4 Å². The van der Waals surface area contributed by atoms with Gasteiger partial charge in [0, 0.05) is 25.3 Å². The van der Waals surface area contributed by atoms with Crippen molar-refractivity contribution in [1.29, 1.82) is 0 Å². The number of rotatable bonds is 10. The summed E-state index contributed by atoms with van der Waals surface area (Å²) in [6.07, 6.45) is 2.74. The number of nitrogens with zero attached hydrogens (tertiary/aromatic N) is 1. The third-order valence-corrected chi connectivity index (χ3v) is 3.65. The van der Waals surface area contributed by atoms with Crippen LogP contribution >= 0.6 is 0 Å². The van der Waals surface area contributed by atoms with Crippen molar-refractivity contribution >= 4 is 11.7 Å². The van der Waals surface area contributed by atoms with Crippen LogP contribution in [0, 0.1) is 10.1 Å². The normalized spacial score (nSPS) is 19.8. The molecule has 0 spiro atoms. The van der Waals surface area contributed by atoms with Crippen molar-refractivity contribution < 1.29 is 24.3 Å². The van der Waals surface area contributed by atoms with Crippen LogP contribution in [0.5, 0.6) is 0 Å². The lowest BCUT2D eigenvalue weighted by molar-refractivity contribution is -0.384. The predicted octanol–water partition coefficient (Wildman–Crippen LogP) is 2.18. The molecule has 0 aliphatic carbocycles. The van der Waals surface area contributed by atoms with E-state index in [0.29, 0.717) is 32.7 Å². The van der Waals surface area contributed by atoms with E-state index in [-0.39, 0.29) is 5.69 Å². The van der Waals surface area contributed by atoms with E-state index in [9.17, 15) is 14.9 Å². The van der Waals surface area contributed by atoms with Crippen LogP contribution in [0.25, 0.3) is 0 Å². The van der Waals surface area contributed by atoms with Crippen molar-refractivity contribution in [1.82, 2.24) is 0 Å². The first kappa shape index (κ1) is 16.4. The zero-order valence-electron chi connectivity index (χ0n) is 12.2. The van der Waals surface area contributed by atoms with Gasteiger partial charge in [-0.05, 0) is 31.2 Å². The number of aliphatic carboxylic acids is 1. The SMILES string of the molecule is O=C(O)C1(CCCOCCCc2ccc([N+](=O)[O-])cc2)CO1. The minimum Gasteiger partial charge on any atom is -0.479 e. The van der Waals surface area contributed by atoms with Gasteiger partial charge in [0.05, 0.1) is 11.5 Å². The minimum atomic E-state index is -0.956. The Balaban J connectivity index is 1.54. The number of carboxylic acids is 1. The number of hydrogen-bond donors (Lipinski definition) is 1. The number of carbonyl (C=O) groups is 1. The maximum absolute atomic E-state index is 10.9. The lowest BCUT2D eigenvalue weighted by Crippen LogP contribution is -2.24. The van der Waals surface area contributed by atoms with Crippen LogP contribution in [0.3, 0.4) is 0 Å². The van der Waals surface area contributed by atoms with Gasteiger partial charge >= 0.3 is 5.97 Å². The average Bonchev–Trinajstić information content (AvgIpc) is 3.28. The fourth-order valence-electron chi connectivity index (χ4n) is 2.19. The van der Waals surface area contributed by atoms with Gasteiger partial charge in [-0.1, -0.05) is 12.1 Å². The summed E-state index contributed by atoms with van der Waals surface area (Å²) in [6, 6.07) is 6.49. The number of ether oxygens (including phenoxy) is 2. The molecular formula is C15H19NO6. The third kappa shape index (κ3) is 4.51. The molecule has 1 aliphatic rings. The van der Waals surface area contributed by atoms with Crippen LogP contribution in [-0.2, 0) is 20.7 Å². The second-order valence-corrected chi connectivity index (χ2v) is 5.33. The summed E-state index contributed by atoms with van der Waals surface area (Å²) in [5.74, 6) is -0.898. The fourth-order valence-corrected chi connectivity index (χ4v) is 2.19. The Morgan fingerprint density at radius 1 is 1.32 bits per heavy atom. The Morgan fingerprint density at radius 3 is 2.50 bits per heavy atom. The maximum Gasteiger partial charge on any atom is 0.338 e. The first-order valence-corrected chi connectivity index (χ1v) is 7.22. The number of epoxide rings is 1. The number of non-ortho nitro benzene ring substituents is 1. The Labute approximate surface area is 128 Å².